The maximum atomic E-state index is 10.3. The second kappa shape index (κ2) is 8.69. The highest BCUT2D eigenvalue weighted by Crippen LogP contribution is 2.34. The van der Waals surface area contributed by atoms with E-state index in [9.17, 15) is 20.4 Å². The summed E-state index contributed by atoms with van der Waals surface area (Å²) in [6.45, 7) is 2.51. The number of aliphatic hydroxyl groups is 4. The summed E-state index contributed by atoms with van der Waals surface area (Å²) in [5.74, 6) is 0. The van der Waals surface area contributed by atoms with E-state index < -0.39 is 36.5 Å². The average molecular weight is 382 g/mol. The molecular weight excluding hydrogens is 356 g/mol. The largest absolute Gasteiger partial charge is 0.394 e. The van der Waals surface area contributed by atoms with E-state index in [1.807, 2.05) is 24.3 Å². The smallest absolute Gasteiger partial charge is 0.171 e. The van der Waals surface area contributed by atoms with E-state index in [0.717, 1.165) is 36.8 Å². The van der Waals surface area contributed by atoms with Crippen LogP contribution < -0.4 is 0 Å². The highest BCUT2D eigenvalue weighted by Gasteiger charge is 2.44. The van der Waals surface area contributed by atoms with Crippen LogP contribution in [0.5, 0.6) is 0 Å². The molecule has 144 valence electrons. The first kappa shape index (κ1) is 19.6. The molecular formula is C18H26N2O5S. The lowest BCUT2D eigenvalue weighted by molar-refractivity contribution is -0.205. The first-order valence-corrected chi connectivity index (χ1v) is 9.87. The third kappa shape index (κ3) is 3.90. The Kier molecular flexibility index (Phi) is 6.55. The number of hydrogen-bond acceptors (Lipinski definition) is 7. The fourth-order valence-electron chi connectivity index (χ4n) is 3.15. The summed E-state index contributed by atoms with van der Waals surface area (Å²) in [6, 6.07) is 7.82. The summed E-state index contributed by atoms with van der Waals surface area (Å²) in [6.07, 6.45) is -1.69. The van der Waals surface area contributed by atoms with Crippen LogP contribution in [0.4, 0.5) is 0 Å². The zero-order chi connectivity index (χ0) is 18.7. The molecule has 7 nitrogen and oxygen atoms in total. The molecule has 0 saturated carbocycles. The standard InChI is InChI=1S/C18H26N2O5S/c1-2-3-6-9-20-12-8-5-4-7-11(12)19-18(20)26-17-16(24)15(23)14(22)13(10-21)25-17/h4-5,7-8,13-17,21-24H,2-3,6,9-10H2,1H3. The first-order chi connectivity index (χ1) is 12.6. The molecule has 5 unspecified atom stereocenters. The Morgan fingerprint density at radius 1 is 1.12 bits per heavy atom. The van der Waals surface area contributed by atoms with E-state index >= 15 is 0 Å². The number of aromatic nitrogens is 2. The number of thioether (sulfide) groups is 1. The summed E-state index contributed by atoms with van der Waals surface area (Å²) in [5.41, 5.74) is 1.04. The Balaban J connectivity index is 1.86. The minimum absolute atomic E-state index is 0.436. The van der Waals surface area contributed by atoms with E-state index in [0.29, 0.717) is 5.16 Å². The summed E-state index contributed by atoms with van der Waals surface area (Å²) >= 11 is 1.21. The van der Waals surface area contributed by atoms with Crippen molar-refractivity contribution in [2.24, 2.45) is 0 Å². The van der Waals surface area contributed by atoms with Crippen LogP contribution >= 0.6 is 11.8 Å². The van der Waals surface area contributed by atoms with Crippen molar-refractivity contribution in [3.05, 3.63) is 24.3 Å². The molecule has 26 heavy (non-hydrogen) atoms. The number of fused-ring (bicyclic) bond motifs is 1. The molecule has 0 amide bonds. The van der Waals surface area contributed by atoms with E-state index in [1.165, 1.54) is 11.8 Å². The van der Waals surface area contributed by atoms with Gasteiger partial charge < -0.3 is 29.7 Å². The molecule has 1 aliphatic heterocycles. The van der Waals surface area contributed by atoms with Gasteiger partial charge in [-0.15, -0.1) is 0 Å². The molecule has 0 aliphatic carbocycles. The summed E-state index contributed by atoms with van der Waals surface area (Å²) in [4.78, 5) is 4.64. The molecule has 0 spiro atoms. The average Bonchev–Trinajstić information content (AvgIpc) is 3.00. The number of aryl methyl sites for hydroxylation is 1. The Bertz CT molecular complexity index is 723. The lowest BCUT2D eigenvalue weighted by atomic mass is 10.0. The molecule has 1 aliphatic rings. The van der Waals surface area contributed by atoms with Crippen LogP contribution in [0, 0.1) is 0 Å². The highest BCUT2D eigenvalue weighted by atomic mass is 32.2. The number of aliphatic hydroxyl groups excluding tert-OH is 4. The van der Waals surface area contributed by atoms with Gasteiger partial charge in [-0.25, -0.2) is 4.98 Å². The van der Waals surface area contributed by atoms with Gasteiger partial charge in [-0.05, 0) is 18.6 Å². The molecule has 0 bridgehead atoms. The van der Waals surface area contributed by atoms with Crippen molar-refractivity contribution in [2.45, 2.75) is 67.7 Å². The number of para-hydroxylation sites is 2. The lowest BCUT2D eigenvalue weighted by Gasteiger charge is -2.39. The molecule has 2 heterocycles. The van der Waals surface area contributed by atoms with Crippen LogP contribution in [-0.2, 0) is 11.3 Å². The Labute approximate surface area is 156 Å². The summed E-state index contributed by atoms with van der Waals surface area (Å²) < 4.78 is 7.71. The maximum absolute atomic E-state index is 10.3. The molecule has 1 aromatic carbocycles. The first-order valence-electron chi connectivity index (χ1n) is 8.99. The molecule has 0 radical (unpaired) electrons. The monoisotopic (exact) mass is 382 g/mol. The highest BCUT2D eigenvalue weighted by molar-refractivity contribution is 7.99. The summed E-state index contributed by atoms with van der Waals surface area (Å²) in [5, 5.41) is 40.3. The second-order valence-corrected chi connectivity index (χ2v) is 7.62. The quantitative estimate of drug-likeness (QED) is 0.532. The number of ether oxygens (including phenoxy) is 1. The maximum Gasteiger partial charge on any atom is 0.171 e. The number of nitrogens with zero attached hydrogens (tertiary/aromatic N) is 2. The minimum atomic E-state index is -1.38. The van der Waals surface area contributed by atoms with Crippen molar-refractivity contribution in [2.75, 3.05) is 6.61 Å². The predicted octanol–water partition coefficient (Wildman–Crippen LogP) is 1.12. The number of unbranched alkanes of at least 4 members (excludes halogenated alkanes) is 2. The number of rotatable bonds is 7. The molecule has 8 heteroatoms. The van der Waals surface area contributed by atoms with Crippen LogP contribution in [0.25, 0.3) is 11.0 Å². The molecule has 1 fully saturated rings. The second-order valence-electron chi connectivity index (χ2n) is 6.56. The van der Waals surface area contributed by atoms with E-state index in [-0.39, 0.29) is 0 Å². The SMILES string of the molecule is CCCCCn1c(SC2OC(CO)C(O)C(O)C2O)nc2ccccc21. The molecule has 4 N–H and O–H groups in total. The van der Waals surface area contributed by atoms with Gasteiger partial charge in [0.2, 0.25) is 0 Å². The lowest BCUT2D eigenvalue weighted by Crippen LogP contribution is -2.57. The van der Waals surface area contributed by atoms with Gasteiger partial charge >= 0.3 is 0 Å². The van der Waals surface area contributed by atoms with Crippen LogP contribution in [0.15, 0.2) is 29.4 Å². The van der Waals surface area contributed by atoms with Crippen molar-refractivity contribution in [1.29, 1.82) is 0 Å². The van der Waals surface area contributed by atoms with Crippen molar-refractivity contribution in [3.63, 3.8) is 0 Å². The van der Waals surface area contributed by atoms with Gasteiger partial charge in [0.25, 0.3) is 0 Å². The number of imidazole rings is 1. The van der Waals surface area contributed by atoms with E-state index in [1.54, 1.807) is 0 Å². The van der Waals surface area contributed by atoms with Crippen molar-refractivity contribution in [3.8, 4) is 0 Å². The van der Waals surface area contributed by atoms with Gasteiger partial charge in [-0.3, -0.25) is 0 Å². The van der Waals surface area contributed by atoms with Gasteiger partial charge in [0, 0.05) is 6.54 Å². The Hall–Kier alpha value is -1.16. The Morgan fingerprint density at radius 2 is 1.88 bits per heavy atom. The van der Waals surface area contributed by atoms with Crippen molar-refractivity contribution >= 4 is 22.8 Å². The van der Waals surface area contributed by atoms with Gasteiger partial charge in [0.05, 0.1) is 17.6 Å². The van der Waals surface area contributed by atoms with Crippen molar-refractivity contribution < 1.29 is 25.2 Å². The van der Waals surface area contributed by atoms with Crippen LogP contribution in [0.1, 0.15) is 26.2 Å². The fourth-order valence-corrected chi connectivity index (χ4v) is 4.32. The minimum Gasteiger partial charge on any atom is -0.394 e. The van der Waals surface area contributed by atoms with Crippen LogP contribution in [-0.4, -0.2) is 66.4 Å². The van der Waals surface area contributed by atoms with Gasteiger partial charge in [-0.1, -0.05) is 43.7 Å². The molecule has 3 rings (SSSR count). The van der Waals surface area contributed by atoms with E-state index in [2.05, 4.69) is 16.5 Å². The Morgan fingerprint density at radius 3 is 2.62 bits per heavy atom. The number of hydrogen-bond donors (Lipinski definition) is 4. The van der Waals surface area contributed by atoms with E-state index in [4.69, 9.17) is 4.74 Å². The topological polar surface area (TPSA) is 108 Å². The van der Waals surface area contributed by atoms with Gasteiger partial charge in [0.15, 0.2) is 5.16 Å². The fraction of sp³-hybridized carbons (Fsp3) is 0.611. The third-order valence-corrected chi connectivity index (χ3v) is 5.82. The normalized spacial score (nSPS) is 29.3. The zero-order valence-corrected chi connectivity index (χ0v) is 15.5. The van der Waals surface area contributed by atoms with Crippen LogP contribution in [0.2, 0.25) is 0 Å². The molecule has 1 saturated heterocycles. The third-order valence-electron chi connectivity index (χ3n) is 4.67. The number of benzene rings is 1. The zero-order valence-electron chi connectivity index (χ0n) is 14.7. The summed E-state index contributed by atoms with van der Waals surface area (Å²) in [7, 11) is 0. The molecule has 2 aromatic rings. The van der Waals surface area contributed by atoms with Gasteiger partial charge in [0.1, 0.15) is 29.9 Å². The van der Waals surface area contributed by atoms with Gasteiger partial charge in [-0.2, -0.15) is 0 Å². The predicted molar refractivity (Wildman–Crippen MR) is 98.9 cm³/mol. The molecule has 1 aromatic heterocycles. The molecule has 5 atom stereocenters. The van der Waals surface area contributed by atoms with Crippen molar-refractivity contribution in [1.82, 2.24) is 9.55 Å². The van der Waals surface area contributed by atoms with Crippen LogP contribution in [0.3, 0.4) is 0 Å².